The molecule has 0 bridgehead atoms. The van der Waals surface area contributed by atoms with Gasteiger partial charge in [-0.3, -0.25) is 9.88 Å². The van der Waals surface area contributed by atoms with Gasteiger partial charge in [0.05, 0.1) is 24.5 Å². The number of hydrogen-bond donors (Lipinski definition) is 1. The lowest BCUT2D eigenvalue weighted by Gasteiger charge is -2.36. The van der Waals surface area contributed by atoms with Gasteiger partial charge in [0.25, 0.3) is 0 Å². The molecule has 1 N–H and O–H groups in total. The molecule has 0 amide bonds. The minimum absolute atomic E-state index is 0.274. The number of carboxylic acid groups (broad SMARTS) is 1. The van der Waals surface area contributed by atoms with E-state index in [4.69, 9.17) is 24.1 Å². The summed E-state index contributed by atoms with van der Waals surface area (Å²) in [6.07, 6.45) is 3.17. The van der Waals surface area contributed by atoms with Gasteiger partial charge in [0, 0.05) is 45.1 Å². The zero-order valence-electron chi connectivity index (χ0n) is 18.0. The molecule has 180 valence electrons. The van der Waals surface area contributed by atoms with Gasteiger partial charge in [0.2, 0.25) is 0 Å². The molecule has 0 aliphatic carbocycles. The number of rotatable bonds is 6. The average Bonchev–Trinajstić information content (AvgIpc) is 3.17. The fourth-order valence-electron chi connectivity index (χ4n) is 4.38. The Morgan fingerprint density at radius 1 is 1.16 bits per heavy atom. The normalized spacial score (nSPS) is 26.8. The molecule has 3 atom stereocenters. The van der Waals surface area contributed by atoms with E-state index in [-0.39, 0.29) is 6.10 Å². The topological polar surface area (TPSA) is 81.1 Å². The monoisotopic (exact) mass is 460 g/mol. The third-order valence-electron chi connectivity index (χ3n) is 6.08. The number of pyridine rings is 1. The van der Waals surface area contributed by atoms with Crippen molar-refractivity contribution in [3.8, 4) is 0 Å². The Hall–Kier alpha value is -1.75. The molecule has 3 aliphatic rings. The molecule has 0 unspecified atom stereocenters. The molecule has 0 spiro atoms. The highest BCUT2D eigenvalue weighted by atomic mass is 19.4. The molecule has 10 heteroatoms. The van der Waals surface area contributed by atoms with Crippen molar-refractivity contribution in [2.24, 2.45) is 5.92 Å². The highest BCUT2D eigenvalue weighted by Crippen LogP contribution is 2.32. The van der Waals surface area contributed by atoms with Crippen molar-refractivity contribution in [2.45, 2.75) is 63.1 Å². The van der Waals surface area contributed by atoms with Crippen molar-refractivity contribution in [3.63, 3.8) is 0 Å². The van der Waals surface area contributed by atoms with Gasteiger partial charge in [-0.15, -0.1) is 0 Å². The van der Waals surface area contributed by atoms with E-state index in [9.17, 15) is 13.2 Å². The lowest BCUT2D eigenvalue weighted by molar-refractivity contribution is -0.192. The summed E-state index contributed by atoms with van der Waals surface area (Å²) in [5.74, 6) is -2.09. The molecule has 4 rings (SSSR count). The van der Waals surface area contributed by atoms with E-state index in [1.165, 1.54) is 6.42 Å². The SMILES string of the molecule is O=C(O)C(F)(F)F.c1ccc(CN2CC[C@H]3O[C@@H](COCC4CCOCC4)CC[C@H]32)nc1. The fourth-order valence-corrected chi connectivity index (χ4v) is 4.38. The number of halogens is 3. The number of aromatic nitrogens is 1. The number of carbonyl (C=O) groups is 1. The van der Waals surface area contributed by atoms with Crippen LogP contribution >= 0.6 is 0 Å². The van der Waals surface area contributed by atoms with Crippen LogP contribution in [-0.2, 0) is 25.5 Å². The van der Waals surface area contributed by atoms with Gasteiger partial charge < -0.3 is 19.3 Å². The smallest absolute Gasteiger partial charge is 0.475 e. The number of nitrogens with zero attached hydrogens (tertiary/aromatic N) is 2. The maximum Gasteiger partial charge on any atom is 0.490 e. The van der Waals surface area contributed by atoms with E-state index in [1.54, 1.807) is 0 Å². The van der Waals surface area contributed by atoms with Crippen LogP contribution in [0.3, 0.4) is 0 Å². The minimum Gasteiger partial charge on any atom is -0.475 e. The van der Waals surface area contributed by atoms with Crippen LogP contribution in [0.5, 0.6) is 0 Å². The van der Waals surface area contributed by atoms with E-state index < -0.39 is 12.1 Å². The lowest BCUT2D eigenvalue weighted by atomic mass is 9.99. The van der Waals surface area contributed by atoms with Crippen LogP contribution in [0.15, 0.2) is 24.4 Å². The first kappa shape index (κ1) is 24.9. The highest BCUT2D eigenvalue weighted by molar-refractivity contribution is 5.73. The van der Waals surface area contributed by atoms with Gasteiger partial charge in [0.15, 0.2) is 0 Å². The molecule has 3 aliphatic heterocycles. The molecule has 3 saturated heterocycles. The first-order valence-electron chi connectivity index (χ1n) is 11.1. The Balaban J connectivity index is 0.000000360. The van der Waals surface area contributed by atoms with E-state index >= 15 is 0 Å². The second kappa shape index (κ2) is 11.9. The minimum atomic E-state index is -5.08. The second-order valence-corrected chi connectivity index (χ2v) is 8.42. The van der Waals surface area contributed by atoms with Crippen molar-refractivity contribution in [3.05, 3.63) is 30.1 Å². The van der Waals surface area contributed by atoms with Crippen molar-refractivity contribution >= 4 is 5.97 Å². The Labute approximate surface area is 185 Å². The van der Waals surface area contributed by atoms with Crippen LogP contribution in [0.25, 0.3) is 0 Å². The number of aliphatic carboxylic acids is 1. The van der Waals surface area contributed by atoms with Gasteiger partial charge in [-0.05, 0) is 50.2 Å². The molecular formula is C22H31F3N2O5. The molecule has 7 nitrogen and oxygen atoms in total. The largest absolute Gasteiger partial charge is 0.490 e. The molecule has 32 heavy (non-hydrogen) atoms. The van der Waals surface area contributed by atoms with E-state index in [2.05, 4.69) is 22.0 Å². The quantitative estimate of drug-likeness (QED) is 0.698. The molecule has 0 radical (unpaired) electrons. The summed E-state index contributed by atoms with van der Waals surface area (Å²) >= 11 is 0. The second-order valence-electron chi connectivity index (χ2n) is 8.42. The summed E-state index contributed by atoms with van der Waals surface area (Å²) in [7, 11) is 0. The van der Waals surface area contributed by atoms with Crippen LogP contribution in [-0.4, -0.2) is 78.4 Å². The van der Waals surface area contributed by atoms with Crippen LogP contribution < -0.4 is 0 Å². The predicted octanol–water partition coefficient (Wildman–Crippen LogP) is 3.28. The Morgan fingerprint density at radius 3 is 2.56 bits per heavy atom. The van der Waals surface area contributed by atoms with E-state index in [0.29, 0.717) is 18.1 Å². The zero-order valence-corrected chi connectivity index (χ0v) is 18.0. The van der Waals surface area contributed by atoms with E-state index in [1.807, 2.05) is 12.3 Å². The van der Waals surface area contributed by atoms with Gasteiger partial charge in [0.1, 0.15) is 0 Å². The fraction of sp³-hybridized carbons (Fsp3) is 0.727. The predicted molar refractivity (Wildman–Crippen MR) is 109 cm³/mol. The zero-order chi connectivity index (χ0) is 23.0. The van der Waals surface area contributed by atoms with Crippen LogP contribution in [0.2, 0.25) is 0 Å². The Kier molecular flexibility index (Phi) is 9.27. The number of hydrogen-bond acceptors (Lipinski definition) is 6. The summed E-state index contributed by atoms with van der Waals surface area (Å²) in [5, 5.41) is 7.12. The molecule has 1 aromatic heterocycles. The highest BCUT2D eigenvalue weighted by Gasteiger charge is 2.40. The summed E-state index contributed by atoms with van der Waals surface area (Å²) in [4.78, 5) is 15.9. The number of carboxylic acids is 1. The number of fused-ring (bicyclic) bond motifs is 1. The number of likely N-dealkylation sites (tertiary alicyclic amines) is 1. The number of ether oxygens (including phenoxy) is 3. The molecule has 3 fully saturated rings. The van der Waals surface area contributed by atoms with Gasteiger partial charge in [-0.2, -0.15) is 13.2 Å². The molecule has 1 aromatic rings. The van der Waals surface area contributed by atoms with Crippen LogP contribution in [0.4, 0.5) is 13.2 Å². The number of alkyl halides is 3. The van der Waals surface area contributed by atoms with Crippen molar-refractivity contribution in [2.75, 3.05) is 33.0 Å². The van der Waals surface area contributed by atoms with Crippen molar-refractivity contribution in [1.82, 2.24) is 9.88 Å². The molecule has 4 heterocycles. The third kappa shape index (κ3) is 7.68. The Bertz CT molecular complexity index is 701. The van der Waals surface area contributed by atoms with Crippen molar-refractivity contribution < 1.29 is 37.3 Å². The maximum absolute atomic E-state index is 10.6. The third-order valence-corrected chi connectivity index (χ3v) is 6.08. The summed E-state index contributed by atoms with van der Waals surface area (Å²) in [6, 6.07) is 6.71. The molecular weight excluding hydrogens is 429 g/mol. The summed E-state index contributed by atoms with van der Waals surface area (Å²) in [6.45, 7) is 5.45. The first-order valence-corrected chi connectivity index (χ1v) is 11.1. The average molecular weight is 460 g/mol. The summed E-state index contributed by atoms with van der Waals surface area (Å²) in [5.41, 5.74) is 1.16. The maximum atomic E-state index is 10.6. The standard InChI is InChI=1S/C20H30N2O3.C2HF3O2/c1-2-9-21-17(3-1)13-22-10-6-20-19(22)5-4-18(25-20)15-24-14-16-7-11-23-12-8-16;3-2(4,5)1(6)7/h1-3,9,16,18-20H,4-8,10-15H2;(H,6,7)/t18-,19-,20-;/m1./s1. The Morgan fingerprint density at radius 2 is 1.91 bits per heavy atom. The van der Waals surface area contributed by atoms with Gasteiger partial charge in [-0.25, -0.2) is 4.79 Å². The molecule has 0 aromatic carbocycles. The summed E-state index contributed by atoms with van der Waals surface area (Å²) < 4.78 is 49.5. The lowest BCUT2D eigenvalue weighted by Crippen LogP contribution is -2.43. The van der Waals surface area contributed by atoms with Gasteiger partial charge >= 0.3 is 12.1 Å². The van der Waals surface area contributed by atoms with Gasteiger partial charge in [-0.1, -0.05) is 6.07 Å². The molecule has 0 saturated carbocycles. The van der Waals surface area contributed by atoms with Crippen LogP contribution in [0, 0.1) is 5.92 Å². The van der Waals surface area contributed by atoms with Crippen molar-refractivity contribution in [1.29, 1.82) is 0 Å². The van der Waals surface area contributed by atoms with E-state index in [0.717, 1.165) is 70.9 Å². The van der Waals surface area contributed by atoms with Crippen LogP contribution in [0.1, 0.15) is 37.8 Å². The first-order chi connectivity index (χ1) is 15.3.